The summed E-state index contributed by atoms with van der Waals surface area (Å²) < 4.78 is 0. The van der Waals surface area contributed by atoms with Crippen molar-refractivity contribution in [2.75, 3.05) is 18.5 Å². The van der Waals surface area contributed by atoms with Crippen molar-refractivity contribution in [3.63, 3.8) is 0 Å². The Balaban J connectivity index is 2.35. The van der Waals surface area contributed by atoms with Gasteiger partial charge in [-0.3, -0.25) is 5.41 Å². The number of urea groups is 1. The van der Waals surface area contributed by atoms with Crippen LogP contribution in [0.3, 0.4) is 0 Å². The second kappa shape index (κ2) is 3.38. The van der Waals surface area contributed by atoms with Gasteiger partial charge in [0.1, 0.15) is 5.84 Å². The van der Waals surface area contributed by atoms with Gasteiger partial charge in [-0.05, 0) is 19.1 Å². The summed E-state index contributed by atoms with van der Waals surface area (Å²) in [4.78, 5) is 14.7. The van der Waals surface area contributed by atoms with Crippen molar-refractivity contribution < 1.29 is 4.79 Å². The molecule has 0 bridgehead atoms. The molecule has 0 atom stereocenters. The van der Waals surface area contributed by atoms with Crippen molar-refractivity contribution >= 4 is 17.6 Å². The van der Waals surface area contributed by atoms with E-state index >= 15 is 0 Å². The fourth-order valence-electron chi connectivity index (χ4n) is 1.61. The minimum atomic E-state index is -0.135. The monoisotopic (exact) mass is 203 g/mol. The van der Waals surface area contributed by atoms with Crippen molar-refractivity contribution in [1.82, 2.24) is 4.90 Å². The van der Waals surface area contributed by atoms with E-state index in [0.29, 0.717) is 12.4 Å². The topological polar surface area (TPSA) is 47.4 Å². The summed E-state index contributed by atoms with van der Waals surface area (Å²) in [6.45, 7) is 2.37. The molecule has 4 heteroatoms. The normalized spacial score (nSPS) is 16.4. The second-order valence-corrected chi connectivity index (χ2v) is 3.76. The number of nitrogens with zero attached hydrogens (tertiary/aromatic N) is 2. The number of nitrogens with one attached hydrogen (secondary N) is 1. The molecule has 1 aromatic rings. The number of hydrogen-bond acceptors (Lipinski definition) is 2. The van der Waals surface area contributed by atoms with Gasteiger partial charge in [0, 0.05) is 7.05 Å². The molecule has 1 aliphatic heterocycles. The first-order valence-corrected chi connectivity index (χ1v) is 4.79. The number of carbonyl (C=O) groups is 1. The summed E-state index contributed by atoms with van der Waals surface area (Å²) in [5, 5.41) is 7.72. The maximum atomic E-state index is 11.7. The van der Waals surface area contributed by atoms with Crippen LogP contribution in [-0.4, -0.2) is 30.4 Å². The van der Waals surface area contributed by atoms with E-state index in [1.54, 1.807) is 7.05 Å². The van der Waals surface area contributed by atoms with Crippen molar-refractivity contribution in [3.8, 4) is 0 Å². The lowest BCUT2D eigenvalue weighted by atomic mass is 10.2. The van der Waals surface area contributed by atoms with Crippen LogP contribution >= 0.6 is 0 Å². The van der Waals surface area contributed by atoms with Gasteiger partial charge in [-0.25, -0.2) is 9.69 Å². The second-order valence-electron chi connectivity index (χ2n) is 3.76. The number of rotatable bonds is 1. The van der Waals surface area contributed by atoms with Crippen LogP contribution in [0.25, 0.3) is 0 Å². The number of aryl methyl sites for hydroxylation is 1. The molecule has 1 aromatic carbocycles. The van der Waals surface area contributed by atoms with Gasteiger partial charge in [-0.2, -0.15) is 0 Å². The maximum absolute atomic E-state index is 11.7. The van der Waals surface area contributed by atoms with Crippen LogP contribution in [0.15, 0.2) is 24.3 Å². The van der Waals surface area contributed by atoms with E-state index in [1.165, 1.54) is 9.80 Å². The molecule has 0 aromatic heterocycles. The molecule has 15 heavy (non-hydrogen) atoms. The number of carbonyl (C=O) groups excluding carboxylic acids is 1. The molecule has 0 radical (unpaired) electrons. The third-order valence-corrected chi connectivity index (χ3v) is 2.47. The smallest absolute Gasteiger partial charge is 0.320 e. The lowest BCUT2D eigenvalue weighted by Crippen LogP contribution is -2.31. The van der Waals surface area contributed by atoms with E-state index in [1.807, 2.05) is 31.2 Å². The van der Waals surface area contributed by atoms with Gasteiger partial charge in [0.05, 0.1) is 12.2 Å². The van der Waals surface area contributed by atoms with Crippen LogP contribution in [0.2, 0.25) is 0 Å². The first-order valence-electron chi connectivity index (χ1n) is 4.79. The van der Waals surface area contributed by atoms with Gasteiger partial charge in [-0.15, -0.1) is 0 Å². The average molecular weight is 203 g/mol. The average Bonchev–Trinajstić information content (AvgIpc) is 2.44. The van der Waals surface area contributed by atoms with Gasteiger partial charge < -0.3 is 4.90 Å². The molecule has 1 aliphatic rings. The quantitative estimate of drug-likeness (QED) is 0.743. The Hall–Kier alpha value is -1.84. The first kappa shape index (κ1) is 9.71. The van der Waals surface area contributed by atoms with E-state index in [0.717, 1.165) is 11.3 Å². The molecule has 0 unspecified atom stereocenters. The highest BCUT2D eigenvalue weighted by molar-refractivity contribution is 6.20. The maximum Gasteiger partial charge on any atom is 0.330 e. The van der Waals surface area contributed by atoms with Crippen molar-refractivity contribution in [2.45, 2.75) is 6.92 Å². The van der Waals surface area contributed by atoms with Crippen LogP contribution in [0.4, 0.5) is 10.5 Å². The summed E-state index contributed by atoms with van der Waals surface area (Å²) >= 11 is 0. The molecule has 1 N–H and O–H groups in total. The number of hydrogen-bond donors (Lipinski definition) is 1. The molecule has 2 amide bonds. The summed E-state index contributed by atoms with van der Waals surface area (Å²) in [6.07, 6.45) is 0. The highest BCUT2D eigenvalue weighted by atomic mass is 16.2. The van der Waals surface area contributed by atoms with Crippen LogP contribution in [0.1, 0.15) is 5.56 Å². The zero-order chi connectivity index (χ0) is 11.0. The Morgan fingerprint density at radius 2 is 1.87 bits per heavy atom. The number of amidine groups is 1. The highest BCUT2D eigenvalue weighted by Crippen LogP contribution is 2.20. The predicted octanol–water partition coefficient (Wildman–Crippen LogP) is 1.84. The van der Waals surface area contributed by atoms with E-state index in [4.69, 9.17) is 5.41 Å². The highest BCUT2D eigenvalue weighted by Gasteiger charge is 2.31. The van der Waals surface area contributed by atoms with Crippen LogP contribution < -0.4 is 4.90 Å². The SMILES string of the molecule is Cc1ccc(N2C(=N)CN(C)C2=O)cc1. The zero-order valence-electron chi connectivity index (χ0n) is 8.82. The van der Waals surface area contributed by atoms with E-state index in [9.17, 15) is 4.79 Å². The lowest BCUT2D eigenvalue weighted by Gasteiger charge is -2.15. The summed E-state index contributed by atoms with van der Waals surface area (Å²) in [5.74, 6) is 0.325. The predicted molar refractivity (Wildman–Crippen MR) is 59.4 cm³/mol. The largest absolute Gasteiger partial charge is 0.330 e. The summed E-state index contributed by atoms with van der Waals surface area (Å²) in [6, 6.07) is 7.47. The number of benzene rings is 1. The number of anilines is 1. The van der Waals surface area contributed by atoms with Gasteiger partial charge >= 0.3 is 6.03 Å². The van der Waals surface area contributed by atoms with E-state index in [2.05, 4.69) is 0 Å². The van der Waals surface area contributed by atoms with Gasteiger partial charge in [0.2, 0.25) is 0 Å². The van der Waals surface area contributed by atoms with Crippen molar-refractivity contribution in [2.24, 2.45) is 0 Å². The van der Waals surface area contributed by atoms with Crippen LogP contribution in [0, 0.1) is 12.3 Å². The Morgan fingerprint density at radius 3 is 2.33 bits per heavy atom. The van der Waals surface area contributed by atoms with E-state index in [-0.39, 0.29) is 6.03 Å². The molecule has 1 heterocycles. The molecule has 1 saturated heterocycles. The Kier molecular flexibility index (Phi) is 2.19. The molecule has 78 valence electrons. The Labute approximate surface area is 88.6 Å². The molecule has 0 spiro atoms. The van der Waals surface area contributed by atoms with Crippen molar-refractivity contribution in [3.05, 3.63) is 29.8 Å². The molecule has 4 nitrogen and oxygen atoms in total. The molecular formula is C11H13N3O. The third-order valence-electron chi connectivity index (χ3n) is 2.47. The van der Waals surface area contributed by atoms with Crippen LogP contribution in [-0.2, 0) is 0 Å². The third kappa shape index (κ3) is 1.58. The van der Waals surface area contributed by atoms with Crippen molar-refractivity contribution in [1.29, 1.82) is 5.41 Å². The van der Waals surface area contributed by atoms with Gasteiger partial charge in [0.15, 0.2) is 0 Å². The molecule has 0 saturated carbocycles. The van der Waals surface area contributed by atoms with Gasteiger partial charge in [-0.1, -0.05) is 17.7 Å². The number of likely N-dealkylation sites (N-methyl/N-ethyl adjacent to an activating group) is 1. The lowest BCUT2D eigenvalue weighted by molar-refractivity contribution is 0.229. The zero-order valence-corrected chi connectivity index (χ0v) is 8.82. The minimum Gasteiger partial charge on any atom is -0.320 e. The Morgan fingerprint density at radius 1 is 1.27 bits per heavy atom. The fraction of sp³-hybridized carbons (Fsp3) is 0.273. The standard InChI is InChI=1S/C11H13N3O/c1-8-3-5-9(6-4-8)14-10(12)7-13(2)11(14)15/h3-6,12H,7H2,1-2H3. The Bertz CT molecular complexity index is 410. The minimum absolute atomic E-state index is 0.135. The summed E-state index contributed by atoms with van der Waals surface area (Å²) in [5.41, 5.74) is 1.91. The number of amides is 2. The molecule has 2 rings (SSSR count). The fourth-order valence-corrected chi connectivity index (χ4v) is 1.61. The van der Waals surface area contributed by atoms with E-state index < -0.39 is 0 Å². The molecule has 0 aliphatic carbocycles. The van der Waals surface area contributed by atoms with Gasteiger partial charge in [0.25, 0.3) is 0 Å². The molecular weight excluding hydrogens is 190 g/mol. The summed E-state index contributed by atoms with van der Waals surface area (Å²) in [7, 11) is 1.70. The van der Waals surface area contributed by atoms with Crippen LogP contribution in [0.5, 0.6) is 0 Å². The first-order chi connectivity index (χ1) is 7.09. The molecule has 1 fully saturated rings.